The van der Waals surface area contributed by atoms with Gasteiger partial charge >= 0.3 is 5.97 Å². The Morgan fingerprint density at radius 2 is 1.78 bits per heavy atom. The van der Waals surface area contributed by atoms with Crippen molar-refractivity contribution in [1.29, 1.82) is 0 Å². The second kappa shape index (κ2) is 11.5. The molecule has 4 rings (SSSR count). The molecule has 1 fully saturated rings. The van der Waals surface area contributed by atoms with E-state index in [-0.39, 0.29) is 36.3 Å². The Balaban J connectivity index is 1.60. The summed E-state index contributed by atoms with van der Waals surface area (Å²) >= 11 is 0. The van der Waals surface area contributed by atoms with Crippen LogP contribution in [0.5, 0.6) is 5.75 Å². The molecule has 1 aliphatic carbocycles. The molecule has 2 aromatic carbocycles. The number of hydrogen-bond donors (Lipinski definition) is 1. The molecule has 0 saturated heterocycles. The number of carbonyl (C=O) groups excluding carboxylic acids is 3. The Hall–Kier alpha value is -3.81. The number of fused-ring (bicyclic) bond motifs is 1. The third kappa shape index (κ3) is 5.79. The van der Waals surface area contributed by atoms with E-state index in [1.54, 1.807) is 16.6 Å². The molecule has 8 nitrogen and oxygen atoms in total. The summed E-state index contributed by atoms with van der Waals surface area (Å²) in [7, 11) is 3.00. The first-order valence-corrected chi connectivity index (χ1v) is 12.8. The van der Waals surface area contributed by atoms with Crippen molar-refractivity contribution < 1.29 is 23.9 Å². The van der Waals surface area contributed by atoms with Gasteiger partial charge in [0.1, 0.15) is 18.0 Å². The Morgan fingerprint density at radius 1 is 1.03 bits per heavy atom. The highest BCUT2D eigenvalue weighted by Gasteiger charge is 2.29. The van der Waals surface area contributed by atoms with E-state index >= 15 is 0 Å². The molecule has 0 radical (unpaired) electrons. The fourth-order valence-corrected chi connectivity index (χ4v) is 5.14. The zero-order chi connectivity index (χ0) is 26.5. The van der Waals surface area contributed by atoms with Gasteiger partial charge in [0.2, 0.25) is 5.91 Å². The average Bonchev–Trinajstić information content (AvgIpc) is 3.26. The van der Waals surface area contributed by atoms with E-state index in [1.165, 1.54) is 7.11 Å². The quantitative estimate of drug-likeness (QED) is 0.456. The van der Waals surface area contributed by atoms with Crippen LogP contribution in [0.2, 0.25) is 0 Å². The molecule has 0 spiro atoms. The largest absolute Gasteiger partial charge is 0.497 e. The number of aromatic nitrogens is 1. The minimum absolute atomic E-state index is 0.0102. The number of nitrogens with zero attached hydrogens (tertiary/aromatic N) is 2. The highest BCUT2D eigenvalue weighted by molar-refractivity contribution is 6.01. The first-order chi connectivity index (χ1) is 17.8. The number of likely N-dealkylation sites (N-methyl/N-ethyl adjacent to an activating group) is 1. The topological polar surface area (TPSA) is 89.9 Å². The van der Waals surface area contributed by atoms with Gasteiger partial charge in [-0.05, 0) is 75.4 Å². The van der Waals surface area contributed by atoms with E-state index in [0.29, 0.717) is 43.7 Å². The minimum atomic E-state index is -0.233. The van der Waals surface area contributed by atoms with Crippen LogP contribution in [0.1, 0.15) is 48.7 Å². The lowest BCUT2D eigenvalue weighted by Crippen LogP contribution is -2.40. The smallest absolute Gasteiger partial charge is 0.308 e. The number of anilines is 1. The number of benzene rings is 2. The van der Waals surface area contributed by atoms with Crippen LogP contribution in [0, 0.1) is 12.8 Å². The first kappa shape index (κ1) is 26.3. The van der Waals surface area contributed by atoms with Crippen molar-refractivity contribution >= 4 is 34.4 Å². The van der Waals surface area contributed by atoms with Gasteiger partial charge in [-0.2, -0.15) is 0 Å². The molecule has 1 N–H and O–H groups in total. The predicted molar refractivity (Wildman–Crippen MR) is 143 cm³/mol. The van der Waals surface area contributed by atoms with Crippen LogP contribution in [0.15, 0.2) is 48.5 Å². The summed E-state index contributed by atoms with van der Waals surface area (Å²) in [6.45, 7) is 4.45. The molecule has 1 aliphatic rings. The molecule has 0 bridgehead atoms. The number of ether oxygens (including phenoxy) is 2. The number of esters is 1. The summed E-state index contributed by atoms with van der Waals surface area (Å²) in [4.78, 5) is 40.6. The van der Waals surface area contributed by atoms with E-state index in [4.69, 9.17) is 9.47 Å². The second-order valence-corrected chi connectivity index (χ2v) is 9.56. The summed E-state index contributed by atoms with van der Waals surface area (Å²) in [5.74, 6) is 0.00496. The number of amides is 2. The summed E-state index contributed by atoms with van der Waals surface area (Å²) in [6.07, 6.45) is 2.77. The van der Waals surface area contributed by atoms with Crippen LogP contribution in [0.3, 0.4) is 0 Å². The Labute approximate surface area is 217 Å². The highest BCUT2D eigenvalue weighted by Crippen LogP contribution is 2.28. The molecule has 37 heavy (non-hydrogen) atoms. The lowest BCUT2D eigenvalue weighted by Gasteiger charge is -2.28. The third-order valence-corrected chi connectivity index (χ3v) is 7.16. The molecule has 2 amide bonds. The van der Waals surface area contributed by atoms with Crippen LogP contribution < -0.4 is 15.0 Å². The molecular formula is C29H35N3O5. The van der Waals surface area contributed by atoms with Crippen molar-refractivity contribution in [3.63, 3.8) is 0 Å². The van der Waals surface area contributed by atoms with Gasteiger partial charge < -0.3 is 24.3 Å². The van der Waals surface area contributed by atoms with Gasteiger partial charge in [-0.25, -0.2) is 0 Å². The lowest BCUT2D eigenvalue weighted by atomic mass is 9.86. The SMILES string of the molecule is CCN(C(=O)Cn1c(C(=O)NC2CCC(C(=O)OC)CC2)cc2ccc(OC)cc21)c1cccc(C)c1. The fraction of sp³-hybridized carbons (Fsp3) is 0.414. The van der Waals surface area contributed by atoms with Gasteiger partial charge in [0.05, 0.1) is 25.7 Å². The van der Waals surface area contributed by atoms with Crippen molar-refractivity contribution in [1.82, 2.24) is 9.88 Å². The number of carbonyl (C=O) groups is 3. The van der Waals surface area contributed by atoms with Crippen molar-refractivity contribution in [3.05, 3.63) is 59.8 Å². The normalized spacial score (nSPS) is 17.3. The highest BCUT2D eigenvalue weighted by atomic mass is 16.5. The van der Waals surface area contributed by atoms with Gasteiger partial charge in [0, 0.05) is 29.7 Å². The predicted octanol–water partition coefficient (Wildman–Crippen LogP) is 4.47. The first-order valence-electron chi connectivity index (χ1n) is 12.8. The van der Waals surface area contributed by atoms with Gasteiger partial charge in [-0.1, -0.05) is 12.1 Å². The van der Waals surface area contributed by atoms with Crippen LogP contribution in [0.4, 0.5) is 5.69 Å². The molecular weight excluding hydrogens is 470 g/mol. The van der Waals surface area contributed by atoms with E-state index in [9.17, 15) is 14.4 Å². The summed E-state index contributed by atoms with van der Waals surface area (Å²) < 4.78 is 12.1. The Kier molecular flexibility index (Phi) is 8.16. The Bertz CT molecular complexity index is 1290. The van der Waals surface area contributed by atoms with Crippen LogP contribution in [-0.4, -0.2) is 49.2 Å². The van der Waals surface area contributed by atoms with Crippen molar-refractivity contribution in [2.75, 3.05) is 25.7 Å². The van der Waals surface area contributed by atoms with Gasteiger partial charge in [0.15, 0.2) is 0 Å². The summed E-state index contributed by atoms with van der Waals surface area (Å²) in [5, 5.41) is 3.98. The van der Waals surface area contributed by atoms with E-state index in [0.717, 1.165) is 22.2 Å². The van der Waals surface area contributed by atoms with Crippen LogP contribution in [0.25, 0.3) is 10.9 Å². The lowest BCUT2D eigenvalue weighted by molar-refractivity contribution is -0.146. The maximum atomic E-state index is 13.5. The van der Waals surface area contributed by atoms with Crippen molar-refractivity contribution in [3.8, 4) is 5.75 Å². The summed E-state index contributed by atoms with van der Waals surface area (Å²) in [5.41, 5.74) is 3.08. The number of nitrogens with one attached hydrogen (secondary N) is 1. The minimum Gasteiger partial charge on any atom is -0.497 e. The molecule has 1 heterocycles. The molecule has 0 aliphatic heterocycles. The molecule has 8 heteroatoms. The van der Waals surface area contributed by atoms with E-state index in [1.807, 2.05) is 62.4 Å². The third-order valence-electron chi connectivity index (χ3n) is 7.16. The second-order valence-electron chi connectivity index (χ2n) is 9.56. The molecule has 3 aromatic rings. The van der Waals surface area contributed by atoms with Gasteiger partial charge in [-0.3, -0.25) is 14.4 Å². The number of methoxy groups -OCH3 is 2. The van der Waals surface area contributed by atoms with Crippen molar-refractivity contribution in [2.24, 2.45) is 5.92 Å². The van der Waals surface area contributed by atoms with Gasteiger partial charge in [0.25, 0.3) is 5.91 Å². The molecule has 0 atom stereocenters. The molecule has 196 valence electrons. The summed E-state index contributed by atoms with van der Waals surface area (Å²) in [6, 6.07) is 15.2. The standard InChI is InChI=1S/C29H35N3O5/c1-5-31(23-8-6-7-19(2)15-23)27(33)18-32-25-17-24(36-3)14-11-21(25)16-26(32)28(34)30-22-12-9-20(10-13-22)29(35)37-4/h6-8,11,14-17,20,22H,5,9-10,12-13,18H2,1-4H3,(H,30,34). The average molecular weight is 506 g/mol. The fourth-order valence-electron chi connectivity index (χ4n) is 5.14. The maximum absolute atomic E-state index is 13.5. The maximum Gasteiger partial charge on any atom is 0.308 e. The molecule has 1 aromatic heterocycles. The molecule has 1 saturated carbocycles. The van der Waals surface area contributed by atoms with Crippen LogP contribution >= 0.6 is 0 Å². The zero-order valence-electron chi connectivity index (χ0n) is 22.0. The Morgan fingerprint density at radius 3 is 2.43 bits per heavy atom. The van der Waals surface area contributed by atoms with E-state index < -0.39 is 0 Å². The number of rotatable bonds is 8. The van der Waals surface area contributed by atoms with E-state index in [2.05, 4.69) is 5.32 Å². The van der Waals surface area contributed by atoms with Crippen LogP contribution in [-0.2, 0) is 20.9 Å². The van der Waals surface area contributed by atoms with Gasteiger partial charge in [-0.15, -0.1) is 0 Å². The molecule has 0 unspecified atom stereocenters. The zero-order valence-corrected chi connectivity index (χ0v) is 22.0. The number of aryl methyl sites for hydroxylation is 1. The van der Waals surface area contributed by atoms with Crippen molar-refractivity contribution in [2.45, 2.75) is 52.1 Å². The monoisotopic (exact) mass is 505 g/mol. The number of hydrogen-bond acceptors (Lipinski definition) is 5.